The molecule has 1 aliphatic rings. The van der Waals surface area contributed by atoms with Gasteiger partial charge in [-0.15, -0.1) is 11.3 Å². The number of hydrogen-bond donors (Lipinski definition) is 2. The molecule has 0 unspecified atom stereocenters. The number of nitrogens with zero attached hydrogens (tertiary/aromatic N) is 2. The molecule has 0 spiro atoms. The molecule has 2 rings (SSSR count). The van der Waals surface area contributed by atoms with Crippen molar-refractivity contribution in [3.05, 3.63) is 16.1 Å². The van der Waals surface area contributed by atoms with Crippen LogP contribution in [0.15, 0.2) is 5.38 Å². The number of carboxylic acids is 1. The zero-order valence-electron chi connectivity index (χ0n) is 10.8. The van der Waals surface area contributed by atoms with E-state index in [1.54, 1.807) is 4.90 Å². The van der Waals surface area contributed by atoms with Crippen LogP contribution in [0.5, 0.6) is 0 Å². The van der Waals surface area contributed by atoms with E-state index in [9.17, 15) is 14.4 Å². The lowest BCUT2D eigenvalue weighted by Gasteiger charge is -2.14. The fourth-order valence-electron chi connectivity index (χ4n) is 1.97. The minimum Gasteiger partial charge on any atom is -0.476 e. The second-order valence-corrected chi connectivity index (χ2v) is 5.29. The normalized spacial score (nSPS) is 14.3. The van der Waals surface area contributed by atoms with Crippen molar-refractivity contribution in [2.75, 3.05) is 19.6 Å². The second kappa shape index (κ2) is 6.47. The molecule has 1 aromatic heterocycles. The molecule has 0 bridgehead atoms. The Hall–Kier alpha value is -1.96. The van der Waals surface area contributed by atoms with E-state index >= 15 is 0 Å². The SMILES string of the molecule is O=C(NCCC(=O)N1CCCC1)c1csc(C(=O)O)n1. The van der Waals surface area contributed by atoms with Gasteiger partial charge in [0.2, 0.25) is 10.9 Å². The molecular formula is C12H15N3O4S. The summed E-state index contributed by atoms with van der Waals surface area (Å²) in [6.07, 6.45) is 2.32. The average molecular weight is 297 g/mol. The molecule has 2 N–H and O–H groups in total. The lowest BCUT2D eigenvalue weighted by molar-refractivity contribution is -0.129. The summed E-state index contributed by atoms with van der Waals surface area (Å²) in [5, 5.41) is 12.6. The highest BCUT2D eigenvalue weighted by Gasteiger charge is 2.18. The van der Waals surface area contributed by atoms with Crippen molar-refractivity contribution in [2.24, 2.45) is 0 Å². The van der Waals surface area contributed by atoms with Gasteiger partial charge >= 0.3 is 5.97 Å². The van der Waals surface area contributed by atoms with Crippen LogP contribution in [0.4, 0.5) is 0 Å². The molecule has 0 saturated carbocycles. The lowest BCUT2D eigenvalue weighted by atomic mass is 10.3. The molecule has 0 radical (unpaired) electrons. The van der Waals surface area contributed by atoms with E-state index in [2.05, 4.69) is 10.3 Å². The number of carboxylic acid groups (broad SMARTS) is 1. The van der Waals surface area contributed by atoms with Crippen molar-refractivity contribution < 1.29 is 19.5 Å². The maximum atomic E-state index is 11.7. The summed E-state index contributed by atoms with van der Waals surface area (Å²) in [6.45, 7) is 1.82. The third-order valence-corrected chi connectivity index (χ3v) is 3.83. The van der Waals surface area contributed by atoms with Gasteiger partial charge in [0, 0.05) is 31.4 Å². The van der Waals surface area contributed by atoms with Gasteiger partial charge in [-0.2, -0.15) is 0 Å². The summed E-state index contributed by atoms with van der Waals surface area (Å²) < 4.78 is 0. The third kappa shape index (κ3) is 3.53. The van der Waals surface area contributed by atoms with E-state index in [4.69, 9.17) is 5.11 Å². The van der Waals surface area contributed by atoms with Gasteiger partial charge in [-0.25, -0.2) is 9.78 Å². The van der Waals surface area contributed by atoms with E-state index in [1.807, 2.05) is 0 Å². The average Bonchev–Trinajstić information content (AvgIpc) is 3.09. The molecule has 1 fully saturated rings. The van der Waals surface area contributed by atoms with Crippen LogP contribution in [-0.2, 0) is 4.79 Å². The van der Waals surface area contributed by atoms with Crippen LogP contribution in [0.1, 0.15) is 39.6 Å². The summed E-state index contributed by atoms with van der Waals surface area (Å²) in [6, 6.07) is 0. The van der Waals surface area contributed by atoms with Crippen LogP contribution < -0.4 is 5.32 Å². The Morgan fingerprint density at radius 1 is 1.35 bits per heavy atom. The molecule has 7 nitrogen and oxygen atoms in total. The summed E-state index contributed by atoms with van der Waals surface area (Å²) in [5.74, 6) is -1.58. The van der Waals surface area contributed by atoms with Gasteiger partial charge in [0.05, 0.1) is 0 Å². The topological polar surface area (TPSA) is 99.6 Å². The number of aromatic carboxylic acids is 1. The van der Waals surface area contributed by atoms with Gasteiger partial charge in [-0.05, 0) is 12.8 Å². The van der Waals surface area contributed by atoms with Gasteiger partial charge in [0.15, 0.2) is 0 Å². The van der Waals surface area contributed by atoms with Crippen LogP contribution in [0.3, 0.4) is 0 Å². The summed E-state index contributed by atoms with van der Waals surface area (Å²) in [5.41, 5.74) is 0.0704. The van der Waals surface area contributed by atoms with Gasteiger partial charge in [0.25, 0.3) is 5.91 Å². The van der Waals surface area contributed by atoms with Crippen LogP contribution in [0.2, 0.25) is 0 Å². The Kier molecular flexibility index (Phi) is 4.67. The van der Waals surface area contributed by atoms with Crippen molar-refractivity contribution in [1.82, 2.24) is 15.2 Å². The third-order valence-electron chi connectivity index (χ3n) is 3.00. The number of carbonyl (C=O) groups is 3. The monoisotopic (exact) mass is 297 g/mol. The highest BCUT2D eigenvalue weighted by atomic mass is 32.1. The number of amides is 2. The summed E-state index contributed by atoms with van der Waals surface area (Å²) >= 11 is 0.899. The predicted molar refractivity (Wildman–Crippen MR) is 71.8 cm³/mol. The molecule has 0 aliphatic carbocycles. The van der Waals surface area contributed by atoms with E-state index in [-0.39, 0.29) is 29.6 Å². The highest BCUT2D eigenvalue weighted by molar-refractivity contribution is 7.11. The van der Waals surface area contributed by atoms with Gasteiger partial charge in [0.1, 0.15) is 5.69 Å². The van der Waals surface area contributed by atoms with E-state index in [0.717, 1.165) is 37.3 Å². The summed E-state index contributed by atoms with van der Waals surface area (Å²) in [4.78, 5) is 39.6. The first-order valence-electron chi connectivity index (χ1n) is 6.32. The number of likely N-dealkylation sites (tertiary alicyclic amines) is 1. The van der Waals surface area contributed by atoms with E-state index in [0.29, 0.717) is 0 Å². The van der Waals surface area contributed by atoms with Crippen LogP contribution >= 0.6 is 11.3 Å². The van der Waals surface area contributed by atoms with Crippen molar-refractivity contribution in [3.8, 4) is 0 Å². The highest BCUT2D eigenvalue weighted by Crippen LogP contribution is 2.10. The zero-order valence-corrected chi connectivity index (χ0v) is 11.6. The summed E-state index contributed by atoms with van der Waals surface area (Å²) in [7, 11) is 0. The molecule has 108 valence electrons. The Bertz CT molecular complexity index is 523. The number of carbonyl (C=O) groups excluding carboxylic acids is 2. The molecule has 2 heterocycles. The standard InChI is InChI=1S/C12H15N3O4S/c16-9(15-5-1-2-6-15)3-4-13-10(17)8-7-20-11(14-8)12(18)19/h7H,1-6H2,(H,13,17)(H,18,19). The fourth-order valence-corrected chi connectivity index (χ4v) is 2.61. The fraction of sp³-hybridized carbons (Fsp3) is 0.500. The van der Waals surface area contributed by atoms with Crippen molar-refractivity contribution in [1.29, 1.82) is 0 Å². The van der Waals surface area contributed by atoms with Crippen LogP contribution in [0.25, 0.3) is 0 Å². The van der Waals surface area contributed by atoms with E-state index in [1.165, 1.54) is 5.38 Å². The first-order chi connectivity index (χ1) is 9.58. The maximum Gasteiger partial charge on any atom is 0.365 e. The molecule has 1 aromatic rings. The smallest absolute Gasteiger partial charge is 0.365 e. The molecular weight excluding hydrogens is 282 g/mol. The molecule has 1 saturated heterocycles. The number of aromatic nitrogens is 1. The Morgan fingerprint density at radius 2 is 2.05 bits per heavy atom. The largest absolute Gasteiger partial charge is 0.476 e. The minimum atomic E-state index is -1.15. The molecule has 0 aromatic carbocycles. The molecule has 0 atom stereocenters. The number of thiazole rings is 1. The van der Waals surface area contributed by atoms with Crippen LogP contribution in [-0.4, -0.2) is 52.4 Å². The Labute approximate surface area is 119 Å². The Morgan fingerprint density at radius 3 is 2.65 bits per heavy atom. The number of rotatable bonds is 5. The number of nitrogens with one attached hydrogen (secondary N) is 1. The van der Waals surface area contributed by atoms with Gasteiger partial charge in [-0.3, -0.25) is 9.59 Å². The number of hydrogen-bond acceptors (Lipinski definition) is 5. The van der Waals surface area contributed by atoms with Gasteiger partial charge in [-0.1, -0.05) is 0 Å². The quantitative estimate of drug-likeness (QED) is 0.828. The van der Waals surface area contributed by atoms with Gasteiger partial charge < -0.3 is 15.3 Å². The molecule has 2 amide bonds. The molecule has 1 aliphatic heterocycles. The van der Waals surface area contributed by atoms with Crippen molar-refractivity contribution in [2.45, 2.75) is 19.3 Å². The van der Waals surface area contributed by atoms with E-state index < -0.39 is 11.9 Å². The second-order valence-electron chi connectivity index (χ2n) is 4.44. The first-order valence-corrected chi connectivity index (χ1v) is 7.20. The predicted octanol–water partition coefficient (Wildman–Crippen LogP) is 0.584. The Balaban J connectivity index is 1.76. The maximum absolute atomic E-state index is 11.7. The first kappa shape index (κ1) is 14.4. The minimum absolute atomic E-state index is 0.0345. The zero-order chi connectivity index (χ0) is 14.5. The van der Waals surface area contributed by atoms with Crippen molar-refractivity contribution in [3.63, 3.8) is 0 Å². The lowest BCUT2D eigenvalue weighted by Crippen LogP contribution is -2.32. The van der Waals surface area contributed by atoms with Crippen molar-refractivity contribution >= 4 is 29.1 Å². The van der Waals surface area contributed by atoms with Crippen LogP contribution in [0, 0.1) is 0 Å². The molecule has 8 heteroatoms. The molecule has 20 heavy (non-hydrogen) atoms.